The van der Waals surface area contributed by atoms with Crippen molar-refractivity contribution in [2.75, 3.05) is 6.61 Å². The van der Waals surface area contributed by atoms with Crippen LogP contribution in [-0.4, -0.2) is 18.2 Å². The van der Waals surface area contributed by atoms with E-state index < -0.39 is 5.60 Å². The number of carbonyl (C=O) groups is 1. The van der Waals surface area contributed by atoms with Gasteiger partial charge in [-0.3, -0.25) is 0 Å². The van der Waals surface area contributed by atoms with E-state index in [1.54, 1.807) is 0 Å². The summed E-state index contributed by atoms with van der Waals surface area (Å²) in [6.07, 6.45) is 0.992. The molecular formula is C14H20O3. The van der Waals surface area contributed by atoms with E-state index in [9.17, 15) is 4.79 Å². The molecule has 0 aliphatic carbocycles. The van der Waals surface area contributed by atoms with Crippen LogP contribution in [0, 0.1) is 0 Å². The van der Waals surface area contributed by atoms with E-state index in [1.807, 2.05) is 45.0 Å². The lowest BCUT2D eigenvalue weighted by Gasteiger charge is -2.19. The Labute approximate surface area is 103 Å². The molecule has 94 valence electrons. The van der Waals surface area contributed by atoms with Gasteiger partial charge in [-0.05, 0) is 44.9 Å². The fraction of sp³-hybridized carbons (Fsp3) is 0.500. The van der Waals surface area contributed by atoms with E-state index in [2.05, 4.69) is 6.92 Å². The van der Waals surface area contributed by atoms with Gasteiger partial charge in [-0.25, -0.2) is 4.79 Å². The molecule has 3 nitrogen and oxygen atoms in total. The van der Waals surface area contributed by atoms with E-state index in [0.717, 1.165) is 6.42 Å². The number of benzene rings is 1. The third-order valence-electron chi connectivity index (χ3n) is 2.11. The van der Waals surface area contributed by atoms with Crippen LogP contribution in [0.2, 0.25) is 0 Å². The van der Waals surface area contributed by atoms with Crippen LogP contribution in [-0.2, 0) is 16.0 Å². The van der Waals surface area contributed by atoms with E-state index in [1.165, 1.54) is 5.56 Å². The Balaban J connectivity index is 2.42. The standard InChI is InChI=1S/C14H20O3/c1-5-11-6-8-12(9-7-11)16-10-13(15)17-14(2,3)4/h6-9H,5,10H2,1-4H3. The molecule has 0 aliphatic heterocycles. The third kappa shape index (κ3) is 5.38. The first-order valence-corrected chi connectivity index (χ1v) is 5.84. The van der Waals surface area contributed by atoms with E-state index in [-0.39, 0.29) is 12.6 Å². The summed E-state index contributed by atoms with van der Waals surface area (Å²) >= 11 is 0. The molecule has 0 spiro atoms. The Bertz CT molecular complexity index is 360. The SMILES string of the molecule is CCc1ccc(OCC(=O)OC(C)(C)C)cc1. The zero-order chi connectivity index (χ0) is 12.9. The van der Waals surface area contributed by atoms with E-state index >= 15 is 0 Å². The quantitative estimate of drug-likeness (QED) is 0.754. The van der Waals surface area contributed by atoms with Crippen LogP contribution in [0.4, 0.5) is 0 Å². The first kappa shape index (κ1) is 13.6. The number of esters is 1. The molecule has 0 saturated heterocycles. The van der Waals surface area contributed by atoms with Gasteiger partial charge in [0.25, 0.3) is 0 Å². The Kier molecular flexibility index (Phi) is 4.55. The molecule has 0 fully saturated rings. The largest absolute Gasteiger partial charge is 0.482 e. The van der Waals surface area contributed by atoms with Crippen molar-refractivity contribution in [3.8, 4) is 5.75 Å². The molecule has 0 amide bonds. The van der Waals surface area contributed by atoms with Crippen LogP contribution in [0.3, 0.4) is 0 Å². The van der Waals surface area contributed by atoms with Gasteiger partial charge in [-0.2, -0.15) is 0 Å². The Hall–Kier alpha value is -1.51. The second-order valence-electron chi connectivity index (χ2n) is 4.87. The molecule has 0 aromatic heterocycles. The fourth-order valence-electron chi connectivity index (χ4n) is 1.33. The highest BCUT2D eigenvalue weighted by Crippen LogP contribution is 2.13. The fourth-order valence-corrected chi connectivity index (χ4v) is 1.33. The molecule has 0 unspecified atom stereocenters. The van der Waals surface area contributed by atoms with Crippen molar-refractivity contribution in [2.45, 2.75) is 39.7 Å². The number of aryl methyl sites for hydroxylation is 1. The molecular weight excluding hydrogens is 216 g/mol. The molecule has 1 aromatic carbocycles. The Morgan fingerprint density at radius 2 is 1.76 bits per heavy atom. The second-order valence-corrected chi connectivity index (χ2v) is 4.87. The summed E-state index contributed by atoms with van der Waals surface area (Å²) in [5.74, 6) is 0.338. The van der Waals surface area contributed by atoms with Crippen molar-refractivity contribution in [2.24, 2.45) is 0 Å². The maximum absolute atomic E-state index is 11.4. The average Bonchev–Trinajstić information content (AvgIpc) is 2.25. The van der Waals surface area contributed by atoms with Gasteiger partial charge < -0.3 is 9.47 Å². The Morgan fingerprint density at radius 1 is 1.18 bits per heavy atom. The van der Waals surface area contributed by atoms with Crippen LogP contribution in [0.1, 0.15) is 33.3 Å². The lowest BCUT2D eigenvalue weighted by Crippen LogP contribution is -2.27. The van der Waals surface area contributed by atoms with Crippen molar-refractivity contribution in [3.63, 3.8) is 0 Å². The summed E-state index contributed by atoms with van der Waals surface area (Å²) in [7, 11) is 0. The summed E-state index contributed by atoms with van der Waals surface area (Å²) in [6.45, 7) is 7.54. The average molecular weight is 236 g/mol. The van der Waals surface area contributed by atoms with Crippen LogP contribution in [0.5, 0.6) is 5.75 Å². The van der Waals surface area contributed by atoms with Gasteiger partial charge in [0.05, 0.1) is 0 Å². The van der Waals surface area contributed by atoms with E-state index in [0.29, 0.717) is 5.75 Å². The minimum atomic E-state index is -0.466. The van der Waals surface area contributed by atoms with E-state index in [4.69, 9.17) is 9.47 Å². The summed E-state index contributed by atoms with van der Waals surface area (Å²) in [6, 6.07) is 7.71. The predicted molar refractivity (Wildman–Crippen MR) is 67.2 cm³/mol. The van der Waals surface area contributed by atoms with Crippen molar-refractivity contribution in [3.05, 3.63) is 29.8 Å². The molecule has 0 atom stereocenters. The van der Waals surface area contributed by atoms with Crippen molar-refractivity contribution in [1.82, 2.24) is 0 Å². The highest BCUT2D eigenvalue weighted by atomic mass is 16.6. The van der Waals surface area contributed by atoms with Gasteiger partial charge in [0.1, 0.15) is 11.4 Å². The predicted octanol–water partition coefficient (Wildman–Crippen LogP) is 2.97. The number of rotatable bonds is 4. The summed E-state index contributed by atoms with van der Waals surface area (Å²) < 4.78 is 10.5. The third-order valence-corrected chi connectivity index (χ3v) is 2.11. The summed E-state index contributed by atoms with van der Waals surface area (Å²) in [5, 5.41) is 0. The number of hydrogen-bond donors (Lipinski definition) is 0. The smallest absolute Gasteiger partial charge is 0.344 e. The van der Waals surface area contributed by atoms with Crippen LogP contribution in [0.25, 0.3) is 0 Å². The van der Waals surface area contributed by atoms with Crippen LogP contribution < -0.4 is 4.74 Å². The van der Waals surface area contributed by atoms with Gasteiger partial charge in [-0.15, -0.1) is 0 Å². The molecule has 3 heteroatoms. The first-order chi connectivity index (χ1) is 7.90. The van der Waals surface area contributed by atoms with Crippen molar-refractivity contribution >= 4 is 5.97 Å². The molecule has 17 heavy (non-hydrogen) atoms. The molecule has 1 rings (SSSR count). The molecule has 0 bridgehead atoms. The monoisotopic (exact) mass is 236 g/mol. The number of carbonyl (C=O) groups excluding carboxylic acids is 1. The highest BCUT2D eigenvalue weighted by Gasteiger charge is 2.16. The number of hydrogen-bond acceptors (Lipinski definition) is 3. The van der Waals surface area contributed by atoms with Crippen molar-refractivity contribution < 1.29 is 14.3 Å². The minimum Gasteiger partial charge on any atom is -0.482 e. The minimum absolute atomic E-state index is 0.0528. The maximum atomic E-state index is 11.4. The highest BCUT2D eigenvalue weighted by molar-refractivity contribution is 5.71. The molecule has 0 radical (unpaired) electrons. The summed E-state index contributed by atoms with van der Waals surface area (Å²) in [5.41, 5.74) is 0.779. The maximum Gasteiger partial charge on any atom is 0.344 e. The lowest BCUT2D eigenvalue weighted by atomic mass is 10.2. The molecule has 0 N–H and O–H groups in total. The van der Waals surface area contributed by atoms with Gasteiger partial charge in [0.15, 0.2) is 6.61 Å². The zero-order valence-corrected chi connectivity index (χ0v) is 10.9. The van der Waals surface area contributed by atoms with Crippen LogP contribution >= 0.6 is 0 Å². The molecule has 0 heterocycles. The molecule has 0 saturated carbocycles. The number of ether oxygens (including phenoxy) is 2. The van der Waals surface area contributed by atoms with Crippen LogP contribution in [0.15, 0.2) is 24.3 Å². The normalized spacial score (nSPS) is 11.1. The summed E-state index contributed by atoms with van der Waals surface area (Å²) in [4.78, 5) is 11.4. The van der Waals surface area contributed by atoms with Gasteiger partial charge in [0, 0.05) is 0 Å². The zero-order valence-electron chi connectivity index (χ0n) is 10.9. The molecule has 1 aromatic rings. The second kappa shape index (κ2) is 5.71. The van der Waals surface area contributed by atoms with Crippen molar-refractivity contribution in [1.29, 1.82) is 0 Å². The topological polar surface area (TPSA) is 35.5 Å². The van der Waals surface area contributed by atoms with Gasteiger partial charge in [0.2, 0.25) is 0 Å². The lowest BCUT2D eigenvalue weighted by molar-refractivity contribution is -0.157. The Morgan fingerprint density at radius 3 is 2.24 bits per heavy atom. The first-order valence-electron chi connectivity index (χ1n) is 5.84. The van der Waals surface area contributed by atoms with Gasteiger partial charge >= 0.3 is 5.97 Å². The molecule has 0 aliphatic rings. The van der Waals surface area contributed by atoms with Gasteiger partial charge in [-0.1, -0.05) is 19.1 Å².